The van der Waals surface area contributed by atoms with Crippen LogP contribution in [-0.4, -0.2) is 37.1 Å². The van der Waals surface area contributed by atoms with E-state index in [0.29, 0.717) is 0 Å². The van der Waals surface area contributed by atoms with E-state index in [9.17, 15) is 0 Å². The SMILES string of the molecule is CCN(CC1CCNCC1)C(C)C1CCCCC1. The third kappa shape index (κ3) is 3.96. The Kier molecular flexibility index (Phi) is 5.97. The first-order valence-corrected chi connectivity index (χ1v) is 8.26. The summed E-state index contributed by atoms with van der Waals surface area (Å²) in [7, 11) is 0. The Morgan fingerprint density at radius 1 is 1.06 bits per heavy atom. The summed E-state index contributed by atoms with van der Waals surface area (Å²) in [6.07, 6.45) is 10.1. The first-order valence-electron chi connectivity index (χ1n) is 8.26. The maximum atomic E-state index is 3.48. The number of nitrogens with zero attached hydrogens (tertiary/aromatic N) is 1. The molecule has 1 saturated carbocycles. The molecule has 2 nitrogen and oxygen atoms in total. The summed E-state index contributed by atoms with van der Waals surface area (Å²) in [5.41, 5.74) is 0. The average molecular weight is 252 g/mol. The second-order valence-electron chi connectivity index (χ2n) is 6.42. The molecule has 18 heavy (non-hydrogen) atoms. The third-order valence-electron chi connectivity index (χ3n) is 5.27. The number of hydrogen-bond acceptors (Lipinski definition) is 2. The lowest BCUT2D eigenvalue weighted by Crippen LogP contribution is -2.43. The Balaban J connectivity index is 1.81. The largest absolute Gasteiger partial charge is 0.317 e. The van der Waals surface area contributed by atoms with E-state index >= 15 is 0 Å². The molecule has 0 spiro atoms. The van der Waals surface area contributed by atoms with Gasteiger partial charge in [-0.05, 0) is 64.1 Å². The molecule has 2 aliphatic rings. The van der Waals surface area contributed by atoms with Crippen LogP contribution in [0.15, 0.2) is 0 Å². The molecule has 1 N–H and O–H groups in total. The van der Waals surface area contributed by atoms with Crippen molar-refractivity contribution in [2.24, 2.45) is 11.8 Å². The van der Waals surface area contributed by atoms with Crippen molar-refractivity contribution in [1.29, 1.82) is 0 Å². The highest BCUT2D eigenvalue weighted by Gasteiger charge is 2.26. The Morgan fingerprint density at radius 3 is 2.33 bits per heavy atom. The van der Waals surface area contributed by atoms with Crippen LogP contribution in [0.1, 0.15) is 58.8 Å². The number of rotatable bonds is 5. The molecule has 2 fully saturated rings. The van der Waals surface area contributed by atoms with Crippen molar-refractivity contribution in [1.82, 2.24) is 10.2 Å². The van der Waals surface area contributed by atoms with Crippen LogP contribution < -0.4 is 5.32 Å². The van der Waals surface area contributed by atoms with Gasteiger partial charge in [0.25, 0.3) is 0 Å². The van der Waals surface area contributed by atoms with Crippen LogP contribution in [0, 0.1) is 11.8 Å². The van der Waals surface area contributed by atoms with Gasteiger partial charge in [0.15, 0.2) is 0 Å². The summed E-state index contributed by atoms with van der Waals surface area (Å²) in [5, 5.41) is 3.48. The predicted octanol–water partition coefficient (Wildman–Crippen LogP) is 3.28. The van der Waals surface area contributed by atoms with Crippen molar-refractivity contribution < 1.29 is 0 Å². The van der Waals surface area contributed by atoms with Crippen LogP contribution in [0.4, 0.5) is 0 Å². The third-order valence-corrected chi connectivity index (χ3v) is 5.27. The fourth-order valence-corrected chi connectivity index (χ4v) is 3.89. The van der Waals surface area contributed by atoms with Crippen LogP contribution in [0.3, 0.4) is 0 Å². The van der Waals surface area contributed by atoms with Crippen molar-refractivity contribution in [3.8, 4) is 0 Å². The highest BCUT2D eigenvalue weighted by Crippen LogP contribution is 2.29. The van der Waals surface area contributed by atoms with Gasteiger partial charge in [0.05, 0.1) is 0 Å². The lowest BCUT2D eigenvalue weighted by Gasteiger charge is -2.38. The lowest BCUT2D eigenvalue weighted by atomic mass is 9.83. The molecule has 1 unspecified atom stereocenters. The summed E-state index contributed by atoms with van der Waals surface area (Å²) in [6, 6.07) is 0.810. The Hall–Kier alpha value is -0.0800. The van der Waals surface area contributed by atoms with E-state index in [2.05, 4.69) is 24.1 Å². The summed E-state index contributed by atoms with van der Waals surface area (Å²) in [6.45, 7) is 9.89. The molecule has 106 valence electrons. The summed E-state index contributed by atoms with van der Waals surface area (Å²) in [4.78, 5) is 2.77. The maximum absolute atomic E-state index is 3.48. The molecule has 1 atom stereocenters. The van der Waals surface area contributed by atoms with E-state index in [1.165, 1.54) is 71.1 Å². The Labute approximate surface area is 114 Å². The molecule has 0 amide bonds. The van der Waals surface area contributed by atoms with Gasteiger partial charge in [0, 0.05) is 12.6 Å². The smallest absolute Gasteiger partial charge is 0.00951 e. The van der Waals surface area contributed by atoms with E-state index in [0.717, 1.165) is 17.9 Å². The monoisotopic (exact) mass is 252 g/mol. The molecule has 0 aromatic heterocycles. The highest BCUT2D eigenvalue weighted by atomic mass is 15.2. The highest BCUT2D eigenvalue weighted by molar-refractivity contribution is 4.81. The van der Waals surface area contributed by atoms with Crippen molar-refractivity contribution >= 4 is 0 Å². The molecular formula is C16H32N2. The first-order chi connectivity index (χ1) is 8.81. The topological polar surface area (TPSA) is 15.3 Å². The van der Waals surface area contributed by atoms with Crippen LogP contribution in [0.2, 0.25) is 0 Å². The number of piperidine rings is 1. The second-order valence-corrected chi connectivity index (χ2v) is 6.42. The van der Waals surface area contributed by atoms with Gasteiger partial charge in [-0.25, -0.2) is 0 Å². The molecular weight excluding hydrogens is 220 g/mol. The number of hydrogen-bond donors (Lipinski definition) is 1. The molecule has 1 aliphatic heterocycles. The van der Waals surface area contributed by atoms with E-state index in [1.807, 2.05) is 0 Å². The van der Waals surface area contributed by atoms with Gasteiger partial charge < -0.3 is 10.2 Å². The molecule has 2 heteroatoms. The summed E-state index contributed by atoms with van der Waals surface area (Å²) < 4.78 is 0. The van der Waals surface area contributed by atoms with Crippen LogP contribution in [0.25, 0.3) is 0 Å². The standard InChI is InChI=1S/C16H32N2/c1-3-18(13-15-9-11-17-12-10-15)14(2)16-7-5-4-6-8-16/h14-17H,3-13H2,1-2H3. The van der Waals surface area contributed by atoms with E-state index in [1.54, 1.807) is 0 Å². The minimum atomic E-state index is 0.810. The molecule has 0 aromatic carbocycles. The minimum absolute atomic E-state index is 0.810. The molecule has 0 radical (unpaired) electrons. The molecule has 0 bridgehead atoms. The quantitative estimate of drug-likeness (QED) is 0.808. The maximum Gasteiger partial charge on any atom is 0.00951 e. The van der Waals surface area contributed by atoms with Gasteiger partial charge in [0.2, 0.25) is 0 Å². The van der Waals surface area contributed by atoms with Gasteiger partial charge in [-0.1, -0.05) is 26.2 Å². The van der Waals surface area contributed by atoms with Crippen LogP contribution in [0.5, 0.6) is 0 Å². The van der Waals surface area contributed by atoms with E-state index in [-0.39, 0.29) is 0 Å². The number of nitrogens with one attached hydrogen (secondary N) is 1. The normalized spacial score (nSPS) is 25.5. The molecule has 1 heterocycles. The summed E-state index contributed by atoms with van der Waals surface area (Å²) in [5.74, 6) is 1.91. The van der Waals surface area contributed by atoms with Crippen molar-refractivity contribution in [3.05, 3.63) is 0 Å². The lowest BCUT2D eigenvalue weighted by molar-refractivity contribution is 0.109. The van der Waals surface area contributed by atoms with Gasteiger partial charge in [-0.2, -0.15) is 0 Å². The molecule has 1 aliphatic carbocycles. The predicted molar refractivity (Wildman–Crippen MR) is 78.9 cm³/mol. The fourth-order valence-electron chi connectivity index (χ4n) is 3.89. The van der Waals surface area contributed by atoms with Crippen LogP contribution in [-0.2, 0) is 0 Å². The first kappa shape index (κ1) is 14.3. The molecule has 1 saturated heterocycles. The van der Waals surface area contributed by atoms with Crippen molar-refractivity contribution in [2.45, 2.75) is 64.8 Å². The molecule has 0 aromatic rings. The zero-order valence-corrected chi connectivity index (χ0v) is 12.5. The Morgan fingerprint density at radius 2 is 1.72 bits per heavy atom. The van der Waals surface area contributed by atoms with Gasteiger partial charge in [-0.3, -0.25) is 0 Å². The van der Waals surface area contributed by atoms with Gasteiger partial charge in [0.1, 0.15) is 0 Å². The molecule has 2 rings (SSSR count). The summed E-state index contributed by atoms with van der Waals surface area (Å²) >= 11 is 0. The average Bonchev–Trinajstić information content (AvgIpc) is 2.46. The van der Waals surface area contributed by atoms with E-state index in [4.69, 9.17) is 0 Å². The van der Waals surface area contributed by atoms with Gasteiger partial charge >= 0.3 is 0 Å². The van der Waals surface area contributed by atoms with Gasteiger partial charge in [-0.15, -0.1) is 0 Å². The van der Waals surface area contributed by atoms with Crippen LogP contribution >= 0.6 is 0 Å². The second kappa shape index (κ2) is 7.49. The zero-order valence-electron chi connectivity index (χ0n) is 12.5. The van der Waals surface area contributed by atoms with Crippen molar-refractivity contribution in [2.75, 3.05) is 26.2 Å². The van der Waals surface area contributed by atoms with Crippen molar-refractivity contribution in [3.63, 3.8) is 0 Å². The zero-order chi connectivity index (χ0) is 12.8. The van der Waals surface area contributed by atoms with E-state index < -0.39 is 0 Å². The fraction of sp³-hybridized carbons (Fsp3) is 1.00. The Bertz CT molecular complexity index is 217. The minimum Gasteiger partial charge on any atom is -0.317 e.